The van der Waals surface area contributed by atoms with Gasteiger partial charge in [-0.2, -0.15) is 5.26 Å². The molecule has 0 aliphatic heterocycles. The van der Waals surface area contributed by atoms with Gasteiger partial charge >= 0.3 is 0 Å². The van der Waals surface area contributed by atoms with E-state index in [0.717, 1.165) is 11.7 Å². The minimum Gasteiger partial charge on any atom is -0.508 e. The number of hydrogen-bond acceptors (Lipinski definition) is 3. The Balaban J connectivity index is 1.56. The largest absolute Gasteiger partial charge is 0.508 e. The Hall–Kier alpha value is -2.47. The minimum absolute atomic E-state index is 0.137. The zero-order valence-corrected chi connectivity index (χ0v) is 16.7. The second kappa shape index (κ2) is 5.77. The van der Waals surface area contributed by atoms with Crippen molar-refractivity contribution in [1.29, 1.82) is 5.26 Å². The van der Waals surface area contributed by atoms with Crippen molar-refractivity contribution >= 4 is 0 Å². The molecule has 1 N–H and O–H groups in total. The summed E-state index contributed by atoms with van der Waals surface area (Å²) >= 11 is 0. The molecule has 2 aromatic rings. The summed E-state index contributed by atoms with van der Waals surface area (Å²) in [6.45, 7) is 4.96. The number of aromatic hydroxyl groups is 1. The summed E-state index contributed by atoms with van der Waals surface area (Å²) in [6, 6.07) is 15.0. The lowest BCUT2D eigenvalue weighted by Crippen LogP contribution is -2.56. The zero-order chi connectivity index (χ0) is 19.6. The van der Waals surface area contributed by atoms with E-state index in [1.807, 2.05) is 18.2 Å². The number of benzene rings is 2. The quantitative estimate of drug-likeness (QED) is 0.686. The maximum absolute atomic E-state index is 10.2. The molecule has 0 aromatic heterocycles. The first-order valence-corrected chi connectivity index (χ1v) is 10.3. The lowest BCUT2D eigenvalue weighted by molar-refractivity contribution is -0.110. The number of nitriles is 1. The lowest BCUT2D eigenvalue weighted by Gasteiger charge is -2.65. The first kappa shape index (κ1) is 17.6. The van der Waals surface area contributed by atoms with Crippen molar-refractivity contribution < 1.29 is 9.84 Å². The van der Waals surface area contributed by atoms with E-state index in [0.29, 0.717) is 22.1 Å². The van der Waals surface area contributed by atoms with Crippen LogP contribution in [0.5, 0.6) is 17.2 Å². The SMILES string of the molecule is CC12CC3CC(C)(C1)CC(c1ccc(O)cc1Oc1ccc(C#N)cc1)(C3)C2. The summed E-state index contributed by atoms with van der Waals surface area (Å²) in [4.78, 5) is 0. The molecule has 0 saturated heterocycles. The molecule has 3 nitrogen and oxygen atoms in total. The maximum atomic E-state index is 10.2. The van der Waals surface area contributed by atoms with E-state index in [1.54, 1.807) is 18.2 Å². The van der Waals surface area contributed by atoms with Crippen LogP contribution in [0.3, 0.4) is 0 Å². The molecule has 28 heavy (non-hydrogen) atoms. The van der Waals surface area contributed by atoms with Crippen LogP contribution < -0.4 is 4.74 Å². The first-order valence-electron chi connectivity index (χ1n) is 10.3. The van der Waals surface area contributed by atoms with Crippen LogP contribution in [-0.2, 0) is 5.41 Å². The third-order valence-corrected chi connectivity index (χ3v) is 7.37. The fourth-order valence-electron chi connectivity index (χ4n) is 7.51. The summed E-state index contributed by atoms with van der Waals surface area (Å²) in [5, 5.41) is 19.2. The Labute approximate surface area is 167 Å². The van der Waals surface area contributed by atoms with Crippen LogP contribution in [0.25, 0.3) is 0 Å². The van der Waals surface area contributed by atoms with Crippen molar-refractivity contribution in [3.63, 3.8) is 0 Å². The highest BCUT2D eigenvalue weighted by Gasteiger charge is 2.61. The first-order chi connectivity index (χ1) is 13.3. The molecule has 144 valence electrons. The van der Waals surface area contributed by atoms with E-state index in [9.17, 15) is 5.11 Å². The second-order valence-electron chi connectivity index (χ2n) is 10.3. The predicted octanol–water partition coefficient (Wildman–Crippen LogP) is 6.30. The molecule has 3 heteroatoms. The van der Waals surface area contributed by atoms with Gasteiger partial charge in [-0.05, 0) is 85.6 Å². The minimum atomic E-state index is 0.137. The summed E-state index contributed by atoms with van der Waals surface area (Å²) in [7, 11) is 0. The summed E-state index contributed by atoms with van der Waals surface area (Å²) in [5.74, 6) is 2.49. The fraction of sp³-hybridized carbons (Fsp3) is 0.480. The van der Waals surface area contributed by atoms with Crippen molar-refractivity contribution in [3.8, 4) is 23.3 Å². The third kappa shape index (κ3) is 2.78. The van der Waals surface area contributed by atoms with Crippen LogP contribution in [0, 0.1) is 28.1 Å². The van der Waals surface area contributed by atoms with E-state index < -0.39 is 0 Å². The Morgan fingerprint density at radius 3 is 2.25 bits per heavy atom. The molecule has 0 heterocycles. The number of ether oxygens (including phenoxy) is 1. The highest BCUT2D eigenvalue weighted by molar-refractivity contribution is 5.49. The molecular weight excluding hydrogens is 346 g/mol. The Morgan fingerprint density at radius 2 is 1.64 bits per heavy atom. The van der Waals surface area contributed by atoms with Crippen LogP contribution in [0.2, 0.25) is 0 Å². The van der Waals surface area contributed by atoms with Crippen LogP contribution in [0.15, 0.2) is 42.5 Å². The number of phenolic OH excluding ortho intramolecular Hbond substituents is 1. The molecule has 0 radical (unpaired) electrons. The van der Waals surface area contributed by atoms with E-state index in [4.69, 9.17) is 10.00 Å². The van der Waals surface area contributed by atoms with E-state index >= 15 is 0 Å². The summed E-state index contributed by atoms with van der Waals surface area (Å²) < 4.78 is 6.28. The van der Waals surface area contributed by atoms with Crippen LogP contribution in [0.1, 0.15) is 63.5 Å². The van der Waals surface area contributed by atoms with Crippen LogP contribution >= 0.6 is 0 Å². The summed E-state index contributed by atoms with van der Waals surface area (Å²) in [5.41, 5.74) is 2.83. The monoisotopic (exact) mass is 373 g/mol. The average Bonchev–Trinajstić information content (AvgIpc) is 2.59. The molecule has 4 aliphatic carbocycles. The van der Waals surface area contributed by atoms with E-state index in [1.165, 1.54) is 44.1 Å². The predicted molar refractivity (Wildman–Crippen MR) is 108 cm³/mol. The topological polar surface area (TPSA) is 53.2 Å². The van der Waals surface area contributed by atoms with Gasteiger partial charge < -0.3 is 9.84 Å². The molecule has 0 amide bonds. The maximum Gasteiger partial charge on any atom is 0.134 e. The fourth-order valence-corrected chi connectivity index (χ4v) is 7.51. The van der Waals surface area contributed by atoms with Gasteiger partial charge in [-0.25, -0.2) is 0 Å². The normalized spacial score (nSPS) is 35.5. The molecular formula is C25H27NO2. The number of nitrogens with zero attached hydrogens (tertiary/aromatic N) is 1. The van der Waals surface area contributed by atoms with E-state index in [-0.39, 0.29) is 11.2 Å². The molecule has 2 atom stereocenters. The number of phenols is 1. The smallest absolute Gasteiger partial charge is 0.134 e. The molecule has 4 fully saturated rings. The van der Waals surface area contributed by atoms with Gasteiger partial charge in [-0.1, -0.05) is 19.9 Å². The highest BCUT2D eigenvalue weighted by atomic mass is 16.5. The second-order valence-corrected chi connectivity index (χ2v) is 10.3. The van der Waals surface area contributed by atoms with Gasteiger partial charge in [0.25, 0.3) is 0 Å². The standard InChI is InChI=1S/C25H27NO2/c1-23-10-18-11-24(2,14-23)16-25(12-18,15-23)21-8-5-19(27)9-22(21)28-20-6-3-17(13-26)4-7-20/h3-9,18,27H,10-12,14-16H2,1-2H3. The lowest BCUT2D eigenvalue weighted by atomic mass is 9.39. The Morgan fingerprint density at radius 1 is 0.964 bits per heavy atom. The van der Waals surface area contributed by atoms with E-state index in [2.05, 4.69) is 26.0 Å². The molecule has 2 unspecified atom stereocenters. The van der Waals surface area contributed by atoms with Gasteiger partial charge in [0, 0.05) is 17.0 Å². The Kier molecular flexibility index (Phi) is 3.63. The molecule has 4 aliphatic rings. The van der Waals surface area contributed by atoms with Crippen LogP contribution in [0.4, 0.5) is 0 Å². The van der Waals surface area contributed by atoms with Crippen molar-refractivity contribution in [1.82, 2.24) is 0 Å². The molecule has 0 spiro atoms. The molecule has 4 saturated carbocycles. The van der Waals surface area contributed by atoms with Gasteiger partial charge in [0.05, 0.1) is 11.6 Å². The third-order valence-electron chi connectivity index (χ3n) is 7.37. The molecule has 2 aromatic carbocycles. The van der Waals surface area contributed by atoms with Gasteiger partial charge in [-0.15, -0.1) is 0 Å². The van der Waals surface area contributed by atoms with Gasteiger partial charge in [0.2, 0.25) is 0 Å². The van der Waals surface area contributed by atoms with Gasteiger partial charge in [0.15, 0.2) is 0 Å². The zero-order valence-electron chi connectivity index (χ0n) is 16.7. The van der Waals surface area contributed by atoms with Crippen LogP contribution in [-0.4, -0.2) is 5.11 Å². The van der Waals surface area contributed by atoms with Crippen molar-refractivity contribution in [2.75, 3.05) is 0 Å². The van der Waals surface area contributed by atoms with Gasteiger partial charge in [0.1, 0.15) is 17.2 Å². The Bertz CT molecular complexity index is 953. The summed E-state index contributed by atoms with van der Waals surface area (Å²) in [6.07, 6.45) is 7.69. The van der Waals surface area contributed by atoms with Crippen molar-refractivity contribution in [2.24, 2.45) is 16.7 Å². The molecule has 6 rings (SSSR count). The average molecular weight is 373 g/mol. The number of hydrogen-bond donors (Lipinski definition) is 1. The number of rotatable bonds is 3. The molecule has 4 bridgehead atoms. The highest BCUT2D eigenvalue weighted by Crippen LogP contribution is 2.70. The van der Waals surface area contributed by atoms with Crippen molar-refractivity contribution in [2.45, 2.75) is 57.8 Å². The van der Waals surface area contributed by atoms with Gasteiger partial charge in [-0.3, -0.25) is 0 Å². The van der Waals surface area contributed by atoms with Crippen molar-refractivity contribution in [3.05, 3.63) is 53.6 Å².